The van der Waals surface area contributed by atoms with Crippen LogP contribution in [0.5, 0.6) is 17.2 Å². The SMILES string of the molecule is CCCC(CCC)COc1ccc(O[C@@H](c2cccc(OCC(CC)CC)c2)[C@H](C)CN)c([C@H](O)[C@H](C)CN)c1. The Morgan fingerprint density at radius 2 is 1.35 bits per heavy atom. The highest BCUT2D eigenvalue weighted by atomic mass is 16.5. The molecule has 2 rings (SSSR count). The Labute approximate surface area is 243 Å². The number of hydrogen-bond acceptors (Lipinski definition) is 6. The quantitative estimate of drug-likeness (QED) is 0.157. The molecule has 0 aliphatic carbocycles. The smallest absolute Gasteiger partial charge is 0.128 e. The fourth-order valence-electron chi connectivity index (χ4n) is 5.02. The van der Waals surface area contributed by atoms with Crippen LogP contribution in [0.2, 0.25) is 0 Å². The van der Waals surface area contributed by atoms with E-state index >= 15 is 0 Å². The second kappa shape index (κ2) is 18.2. The van der Waals surface area contributed by atoms with Gasteiger partial charge in [-0.15, -0.1) is 0 Å². The number of rotatable bonds is 20. The third kappa shape index (κ3) is 10.3. The molecule has 0 bridgehead atoms. The van der Waals surface area contributed by atoms with E-state index in [0.29, 0.717) is 49.5 Å². The van der Waals surface area contributed by atoms with Gasteiger partial charge in [-0.25, -0.2) is 0 Å². The summed E-state index contributed by atoms with van der Waals surface area (Å²) in [6, 6.07) is 13.9. The summed E-state index contributed by atoms with van der Waals surface area (Å²) in [5.41, 5.74) is 13.8. The topological polar surface area (TPSA) is 100.0 Å². The third-order valence-electron chi connectivity index (χ3n) is 8.06. The monoisotopic (exact) mass is 556 g/mol. The van der Waals surface area contributed by atoms with Gasteiger partial charge in [0, 0.05) is 11.5 Å². The van der Waals surface area contributed by atoms with E-state index in [4.69, 9.17) is 25.7 Å². The van der Waals surface area contributed by atoms with Crippen molar-refractivity contribution < 1.29 is 19.3 Å². The van der Waals surface area contributed by atoms with Gasteiger partial charge in [0.05, 0.1) is 19.3 Å². The minimum Gasteiger partial charge on any atom is -0.493 e. The molecular formula is C34H56N2O4. The Bertz CT molecular complexity index is 959. The highest BCUT2D eigenvalue weighted by Gasteiger charge is 2.26. The average molecular weight is 557 g/mol. The molecule has 6 nitrogen and oxygen atoms in total. The first-order valence-electron chi connectivity index (χ1n) is 15.6. The van der Waals surface area contributed by atoms with Gasteiger partial charge in [0.25, 0.3) is 0 Å². The lowest BCUT2D eigenvalue weighted by molar-refractivity contribution is 0.104. The average Bonchev–Trinajstić information content (AvgIpc) is 2.98. The van der Waals surface area contributed by atoms with Crippen molar-refractivity contribution in [3.05, 3.63) is 53.6 Å². The Kier molecular flexibility index (Phi) is 15.4. The maximum absolute atomic E-state index is 11.3. The molecular weight excluding hydrogens is 500 g/mol. The van der Waals surface area contributed by atoms with Gasteiger partial charge in [0.1, 0.15) is 23.4 Å². The molecule has 0 saturated carbocycles. The molecule has 226 valence electrons. The van der Waals surface area contributed by atoms with Crippen LogP contribution >= 0.6 is 0 Å². The van der Waals surface area contributed by atoms with Crippen LogP contribution in [0.25, 0.3) is 0 Å². The number of ether oxygens (including phenoxy) is 3. The first kappa shape index (κ1) is 33.9. The van der Waals surface area contributed by atoms with Gasteiger partial charge in [0.2, 0.25) is 0 Å². The summed E-state index contributed by atoms with van der Waals surface area (Å²) in [5.74, 6) is 3.14. The Balaban J connectivity index is 2.37. The zero-order valence-electron chi connectivity index (χ0n) is 25.9. The minimum atomic E-state index is -0.783. The standard InChI is InChI=1S/C34H56N2O4/c1-7-12-27(13-8-2)23-39-30-16-17-32(31(19-30)33(37)24(5)20-35)40-34(25(6)21-36)28-14-11-15-29(18-28)38-22-26(9-3)10-4/h11,14-19,24-27,33-34,37H,7-10,12-13,20-23,35-36H2,1-6H3/t24-,25-,33-,34-/m1/s1. The van der Waals surface area contributed by atoms with Crippen molar-refractivity contribution in [1.29, 1.82) is 0 Å². The fourth-order valence-corrected chi connectivity index (χ4v) is 5.02. The van der Waals surface area contributed by atoms with Gasteiger partial charge < -0.3 is 30.8 Å². The van der Waals surface area contributed by atoms with Crippen molar-refractivity contribution in [2.75, 3.05) is 26.3 Å². The highest BCUT2D eigenvalue weighted by Crippen LogP contribution is 2.38. The predicted molar refractivity (Wildman–Crippen MR) is 166 cm³/mol. The lowest BCUT2D eigenvalue weighted by Crippen LogP contribution is -2.25. The number of aliphatic hydroxyl groups excluding tert-OH is 1. The molecule has 0 aromatic heterocycles. The van der Waals surface area contributed by atoms with Gasteiger partial charge in [-0.3, -0.25) is 0 Å². The molecule has 2 aromatic carbocycles. The van der Waals surface area contributed by atoms with Crippen molar-refractivity contribution in [3.63, 3.8) is 0 Å². The van der Waals surface area contributed by atoms with Gasteiger partial charge in [-0.05, 0) is 79.6 Å². The first-order chi connectivity index (χ1) is 19.3. The van der Waals surface area contributed by atoms with Crippen LogP contribution in [0, 0.1) is 23.7 Å². The molecule has 5 N–H and O–H groups in total. The molecule has 0 fully saturated rings. The molecule has 0 saturated heterocycles. The zero-order valence-corrected chi connectivity index (χ0v) is 25.9. The van der Waals surface area contributed by atoms with Crippen LogP contribution in [0.3, 0.4) is 0 Å². The number of hydrogen-bond donors (Lipinski definition) is 3. The number of aliphatic hydroxyl groups is 1. The van der Waals surface area contributed by atoms with Crippen molar-refractivity contribution >= 4 is 0 Å². The van der Waals surface area contributed by atoms with Gasteiger partial charge in [-0.1, -0.05) is 79.4 Å². The van der Waals surface area contributed by atoms with Crippen LogP contribution in [0.15, 0.2) is 42.5 Å². The predicted octanol–water partition coefficient (Wildman–Crippen LogP) is 7.44. The summed E-state index contributed by atoms with van der Waals surface area (Å²) in [6.07, 6.45) is 5.67. The Morgan fingerprint density at radius 1 is 0.750 bits per heavy atom. The molecule has 4 atom stereocenters. The van der Waals surface area contributed by atoms with E-state index in [-0.39, 0.29) is 17.9 Å². The van der Waals surface area contributed by atoms with E-state index in [1.807, 2.05) is 37.3 Å². The fraction of sp³-hybridized carbons (Fsp3) is 0.647. The van der Waals surface area contributed by atoms with E-state index in [2.05, 4.69) is 46.8 Å². The molecule has 2 aromatic rings. The molecule has 0 heterocycles. The summed E-state index contributed by atoms with van der Waals surface area (Å²) < 4.78 is 19.1. The van der Waals surface area contributed by atoms with Crippen LogP contribution < -0.4 is 25.7 Å². The van der Waals surface area contributed by atoms with Crippen LogP contribution in [-0.4, -0.2) is 31.4 Å². The summed E-state index contributed by atoms with van der Waals surface area (Å²) in [5, 5.41) is 11.3. The molecule has 0 unspecified atom stereocenters. The summed E-state index contributed by atoms with van der Waals surface area (Å²) in [6.45, 7) is 15.0. The van der Waals surface area contributed by atoms with E-state index in [1.54, 1.807) is 0 Å². The van der Waals surface area contributed by atoms with Crippen LogP contribution in [0.4, 0.5) is 0 Å². The first-order valence-corrected chi connectivity index (χ1v) is 15.6. The van der Waals surface area contributed by atoms with Crippen molar-refractivity contribution in [2.24, 2.45) is 35.1 Å². The molecule has 0 aliphatic rings. The molecule has 0 spiro atoms. The van der Waals surface area contributed by atoms with E-state index in [0.717, 1.165) is 55.6 Å². The van der Waals surface area contributed by atoms with Crippen molar-refractivity contribution in [2.45, 2.75) is 92.3 Å². The molecule has 0 aliphatic heterocycles. The summed E-state index contributed by atoms with van der Waals surface area (Å²) in [7, 11) is 0. The summed E-state index contributed by atoms with van der Waals surface area (Å²) >= 11 is 0. The largest absolute Gasteiger partial charge is 0.493 e. The number of nitrogens with two attached hydrogens (primary N) is 2. The highest BCUT2D eigenvalue weighted by molar-refractivity contribution is 5.43. The summed E-state index contributed by atoms with van der Waals surface area (Å²) in [4.78, 5) is 0. The maximum atomic E-state index is 11.3. The molecule has 40 heavy (non-hydrogen) atoms. The van der Waals surface area contributed by atoms with E-state index in [9.17, 15) is 5.11 Å². The third-order valence-corrected chi connectivity index (χ3v) is 8.06. The minimum absolute atomic E-state index is 0.0333. The van der Waals surface area contributed by atoms with Crippen LogP contribution in [0.1, 0.15) is 103 Å². The number of benzene rings is 2. The normalized spacial score (nSPS) is 14.7. The Hall–Kier alpha value is -2.28. The molecule has 0 amide bonds. The molecule has 0 radical (unpaired) electrons. The van der Waals surface area contributed by atoms with Crippen molar-refractivity contribution in [3.8, 4) is 17.2 Å². The lowest BCUT2D eigenvalue weighted by atomic mass is 9.94. The van der Waals surface area contributed by atoms with Crippen LogP contribution in [-0.2, 0) is 0 Å². The van der Waals surface area contributed by atoms with Gasteiger partial charge in [0.15, 0.2) is 0 Å². The molecule has 6 heteroatoms. The van der Waals surface area contributed by atoms with Gasteiger partial charge >= 0.3 is 0 Å². The van der Waals surface area contributed by atoms with E-state index < -0.39 is 6.10 Å². The maximum Gasteiger partial charge on any atom is 0.128 e. The second-order valence-electron chi connectivity index (χ2n) is 11.4. The zero-order chi connectivity index (χ0) is 29.5. The Morgan fingerprint density at radius 3 is 1.93 bits per heavy atom. The second-order valence-corrected chi connectivity index (χ2v) is 11.4. The van der Waals surface area contributed by atoms with E-state index in [1.165, 1.54) is 0 Å². The van der Waals surface area contributed by atoms with Crippen molar-refractivity contribution in [1.82, 2.24) is 0 Å². The van der Waals surface area contributed by atoms with Gasteiger partial charge in [-0.2, -0.15) is 0 Å². The lowest BCUT2D eigenvalue weighted by Gasteiger charge is -2.28.